The van der Waals surface area contributed by atoms with Crippen molar-refractivity contribution < 1.29 is 9.90 Å². The third-order valence-corrected chi connectivity index (χ3v) is 1.03. The van der Waals surface area contributed by atoms with Gasteiger partial charge in [-0.3, -0.25) is 0 Å². The molecule has 0 aliphatic carbocycles. The predicted molar refractivity (Wildman–Crippen MR) is 29.7 cm³/mol. The summed E-state index contributed by atoms with van der Waals surface area (Å²) in [4.78, 5) is 9.98. The van der Waals surface area contributed by atoms with Crippen molar-refractivity contribution in [3.8, 4) is 0 Å². The second-order valence-electron chi connectivity index (χ2n) is 1.57. The van der Waals surface area contributed by atoms with E-state index in [9.17, 15) is 9.90 Å². The van der Waals surface area contributed by atoms with Gasteiger partial charge in [0.25, 0.3) is 0 Å². The van der Waals surface area contributed by atoms with Gasteiger partial charge in [-0.05, 0) is 6.42 Å². The fraction of sp³-hybridized carbons (Fsp3) is 0.500. The standard InChI is InChI=1S/C6H9O2/c1-3-5(4-2)6(7)8/h3,5H,1,4H2,2H3. The van der Waals surface area contributed by atoms with Crippen molar-refractivity contribution in [3.05, 3.63) is 12.7 Å². The van der Waals surface area contributed by atoms with Gasteiger partial charge in [0.1, 0.15) is 0 Å². The molecule has 1 radical (unpaired) electrons. The van der Waals surface area contributed by atoms with Crippen LogP contribution in [0.3, 0.4) is 0 Å². The fourth-order valence-corrected chi connectivity index (χ4v) is 0.430. The predicted octanol–water partition coefficient (Wildman–Crippen LogP) is 1.16. The first-order chi connectivity index (χ1) is 3.72. The lowest BCUT2D eigenvalue weighted by molar-refractivity contribution is -0.146. The molecule has 0 N–H and O–H groups in total. The molecule has 2 nitrogen and oxygen atoms in total. The molecule has 0 saturated heterocycles. The van der Waals surface area contributed by atoms with E-state index in [0.717, 1.165) is 0 Å². The normalized spacial score (nSPS) is 12.6. The van der Waals surface area contributed by atoms with E-state index in [1.54, 1.807) is 6.92 Å². The summed E-state index contributed by atoms with van der Waals surface area (Å²) in [6.07, 6.45) is 1.95. The molecule has 0 heterocycles. The fourth-order valence-electron chi connectivity index (χ4n) is 0.430. The average Bonchev–Trinajstić information content (AvgIpc) is 1.69. The lowest BCUT2D eigenvalue weighted by atomic mass is 10.1. The van der Waals surface area contributed by atoms with Crippen molar-refractivity contribution in [3.63, 3.8) is 0 Å². The third kappa shape index (κ3) is 1.78. The highest BCUT2D eigenvalue weighted by atomic mass is 16.4. The zero-order valence-electron chi connectivity index (χ0n) is 4.89. The second-order valence-corrected chi connectivity index (χ2v) is 1.57. The minimum Gasteiger partial charge on any atom is -0.247 e. The summed E-state index contributed by atoms with van der Waals surface area (Å²) in [6.45, 7) is 5.11. The second kappa shape index (κ2) is 3.24. The molecular weight excluding hydrogens is 104 g/mol. The van der Waals surface area contributed by atoms with E-state index >= 15 is 0 Å². The lowest BCUT2D eigenvalue weighted by Crippen LogP contribution is -2.06. The quantitative estimate of drug-likeness (QED) is 0.506. The Balaban J connectivity index is 3.69. The van der Waals surface area contributed by atoms with Crippen LogP contribution >= 0.6 is 0 Å². The Hall–Kier alpha value is -0.790. The van der Waals surface area contributed by atoms with Gasteiger partial charge in [-0.2, -0.15) is 0 Å². The number of hydrogen-bond donors (Lipinski definition) is 0. The van der Waals surface area contributed by atoms with Gasteiger partial charge in [-0.15, -0.1) is 6.58 Å². The van der Waals surface area contributed by atoms with Crippen LogP contribution in [0.5, 0.6) is 0 Å². The maximum Gasteiger partial charge on any atom is 0.362 e. The highest BCUT2D eigenvalue weighted by Crippen LogP contribution is 2.01. The van der Waals surface area contributed by atoms with E-state index in [1.807, 2.05) is 0 Å². The van der Waals surface area contributed by atoms with Crippen LogP contribution in [0.25, 0.3) is 0 Å². The van der Waals surface area contributed by atoms with Crippen molar-refractivity contribution in [2.24, 2.45) is 5.92 Å². The van der Waals surface area contributed by atoms with Crippen LogP contribution < -0.4 is 0 Å². The number of hydrogen-bond acceptors (Lipinski definition) is 1. The van der Waals surface area contributed by atoms with E-state index in [0.29, 0.717) is 6.42 Å². The number of carbonyl (C=O) groups is 1. The van der Waals surface area contributed by atoms with Crippen molar-refractivity contribution in [2.45, 2.75) is 13.3 Å². The number of rotatable bonds is 3. The minimum absolute atomic E-state index is 0.477. The Morgan fingerprint density at radius 2 is 2.38 bits per heavy atom. The molecule has 0 rings (SSSR count). The van der Waals surface area contributed by atoms with Crippen LogP contribution in [0, 0.1) is 5.92 Å². The first-order valence-corrected chi connectivity index (χ1v) is 2.55. The summed E-state index contributed by atoms with van der Waals surface area (Å²) < 4.78 is 0. The number of carbonyl (C=O) groups excluding carboxylic acids is 1. The molecule has 0 aliphatic rings. The summed E-state index contributed by atoms with van der Waals surface area (Å²) >= 11 is 0. The molecule has 0 aliphatic heterocycles. The Morgan fingerprint density at radius 3 is 2.38 bits per heavy atom. The molecule has 2 heteroatoms. The van der Waals surface area contributed by atoms with Gasteiger partial charge in [-0.1, -0.05) is 13.0 Å². The SMILES string of the molecule is C=CC(CC)C([O])=O. The van der Waals surface area contributed by atoms with Gasteiger partial charge >= 0.3 is 5.97 Å². The van der Waals surface area contributed by atoms with Crippen LogP contribution in [-0.2, 0) is 9.90 Å². The van der Waals surface area contributed by atoms with Crippen LogP contribution in [-0.4, -0.2) is 5.97 Å². The van der Waals surface area contributed by atoms with Gasteiger partial charge in [0.2, 0.25) is 0 Å². The molecule has 0 fully saturated rings. The molecule has 0 spiro atoms. The molecule has 0 bridgehead atoms. The molecule has 0 amide bonds. The highest BCUT2D eigenvalue weighted by Gasteiger charge is 2.10. The zero-order valence-corrected chi connectivity index (χ0v) is 4.89. The van der Waals surface area contributed by atoms with E-state index in [1.165, 1.54) is 6.08 Å². The summed E-state index contributed by atoms with van der Waals surface area (Å²) in [7, 11) is 0. The molecule has 1 unspecified atom stereocenters. The van der Waals surface area contributed by atoms with Gasteiger partial charge < -0.3 is 0 Å². The van der Waals surface area contributed by atoms with E-state index in [4.69, 9.17) is 0 Å². The van der Waals surface area contributed by atoms with Crippen LogP contribution in [0.15, 0.2) is 12.7 Å². The first kappa shape index (κ1) is 7.21. The lowest BCUT2D eigenvalue weighted by Gasteiger charge is -1.96. The minimum atomic E-state index is -1.04. The van der Waals surface area contributed by atoms with Crippen LogP contribution in [0.2, 0.25) is 0 Å². The van der Waals surface area contributed by atoms with E-state index in [-0.39, 0.29) is 0 Å². The Labute approximate surface area is 48.8 Å². The third-order valence-electron chi connectivity index (χ3n) is 1.03. The zero-order chi connectivity index (χ0) is 6.57. The Bertz CT molecular complexity index is 96.7. The molecule has 0 saturated carbocycles. The van der Waals surface area contributed by atoms with Gasteiger partial charge in [0, 0.05) is 0 Å². The summed E-state index contributed by atoms with van der Waals surface area (Å²) in [5.41, 5.74) is 0. The van der Waals surface area contributed by atoms with E-state index in [2.05, 4.69) is 6.58 Å². The van der Waals surface area contributed by atoms with Crippen molar-refractivity contribution in [2.75, 3.05) is 0 Å². The molecular formula is C6H9O2. The smallest absolute Gasteiger partial charge is 0.247 e. The van der Waals surface area contributed by atoms with Gasteiger partial charge in [-0.25, -0.2) is 9.90 Å². The summed E-state index contributed by atoms with van der Waals surface area (Å²) in [6, 6.07) is 0. The van der Waals surface area contributed by atoms with Crippen LogP contribution in [0.1, 0.15) is 13.3 Å². The highest BCUT2D eigenvalue weighted by molar-refractivity contribution is 5.71. The Morgan fingerprint density at radius 1 is 1.88 bits per heavy atom. The maximum atomic E-state index is 9.98. The van der Waals surface area contributed by atoms with Crippen molar-refractivity contribution in [1.82, 2.24) is 0 Å². The largest absolute Gasteiger partial charge is 0.362 e. The maximum absolute atomic E-state index is 9.98. The topological polar surface area (TPSA) is 37.0 Å². The molecule has 45 valence electrons. The van der Waals surface area contributed by atoms with Gasteiger partial charge in [0.05, 0.1) is 5.92 Å². The monoisotopic (exact) mass is 113 g/mol. The van der Waals surface area contributed by atoms with Crippen molar-refractivity contribution in [1.29, 1.82) is 0 Å². The average molecular weight is 113 g/mol. The van der Waals surface area contributed by atoms with E-state index < -0.39 is 11.9 Å². The Kier molecular flexibility index (Phi) is 2.92. The van der Waals surface area contributed by atoms with Crippen molar-refractivity contribution >= 4 is 5.97 Å². The molecule has 0 aromatic heterocycles. The molecule has 1 atom stereocenters. The molecule has 0 aromatic carbocycles. The first-order valence-electron chi connectivity index (χ1n) is 2.55. The molecule has 8 heavy (non-hydrogen) atoms. The summed E-state index contributed by atoms with van der Waals surface area (Å²) in [5.74, 6) is -1.52. The summed E-state index contributed by atoms with van der Waals surface area (Å²) in [5, 5.41) is 9.98. The van der Waals surface area contributed by atoms with Crippen LogP contribution in [0.4, 0.5) is 0 Å². The van der Waals surface area contributed by atoms with Gasteiger partial charge in [0.15, 0.2) is 0 Å². The molecule has 0 aromatic rings.